The van der Waals surface area contributed by atoms with Gasteiger partial charge in [0.05, 0.1) is 0 Å². The SMILES string of the molecule is CC(C)[O][Ti]([O]C(C)C)([O]C(C)C)[O]C(C)C.C[SiH](C)Cl.[Ti]. The molecule has 0 bridgehead atoms. The van der Waals surface area contributed by atoms with E-state index in [9.17, 15) is 0 Å². The average Bonchev–Trinajstić information content (AvgIpc) is 2.08. The molecule has 0 aliphatic rings. The molecule has 0 radical (unpaired) electrons. The molecule has 4 nitrogen and oxygen atoms in total. The van der Waals surface area contributed by atoms with Gasteiger partial charge in [-0.3, -0.25) is 0 Å². The zero-order valence-electron chi connectivity index (χ0n) is 15.9. The van der Waals surface area contributed by atoms with Crippen molar-refractivity contribution in [2.75, 3.05) is 0 Å². The van der Waals surface area contributed by atoms with E-state index in [-0.39, 0.29) is 46.1 Å². The second-order valence-corrected chi connectivity index (χ2v) is 13.9. The van der Waals surface area contributed by atoms with Gasteiger partial charge in [-0.05, 0) is 0 Å². The summed E-state index contributed by atoms with van der Waals surface area (Å²) in [5, 5.41) is 0. The summed E-state index contributed by atoms with van der Waals surface area (Å²) < 4.78 is 23.6. The molecule has 0 aliphatic heterocycles. The van der Waals surface area contributed by atoms with Gasteiger partial charge in [0.1, 0.15) is 8.11 Å². The summed E-state index contributed by atoms with van der Waals surface area (Å²) in [7, 11) is -0.667. The van der Waals surface area contributed by atoms with E-state index in [2.05, 4.69) is 13.1 Å². The smallest absolute Gasteiger partial charge is 0.134 e. The van der Waals surface area contributed by atoms with Gasteiger partial charge in [-0.1, -0.05) is 13.1 Å². The maximum absolute atomic E-state index is 5.89. The number of hydrogen-bond donors (Lipinski definition) is 0. The van der Waals surface area contributed by atoms with E-state index in [4.69, 9.17) is 24.4 Å². The molecule has 0 spiro atoms. The largest absolute Gasteiger partial charge is 0.172 e. The van der Waals surface area contributed by atoms with Crippen molar-refractivity contribution in [1.29, 1.82) is 0 Å². The fourth-order valence-electron chi connectivity index (χ4n) is 1.32. The predicted octanol–water partition coefficient (Wildman–Crippen LogP) is 4.71. The van der Waals surface area contributed by atoms with Gasteiger partial charge >= 0.3 is 111 Å². The van der Waals surface area contributed by atoms with E-state index >= 15 is 0 Å². The van der Waals surface area contributed by atoms with Crippen LogP contribution in [0.3, 0.4) is 0 Å². The molecular weight excluding hydrogens is 391 g/mol. The Hall–Kier alpha value is 1.78. The van der Waals surface area contributed by atoms with E-state index in [1.54, 1.807) is 0 Å². The van der Waals surface area contributed by atoms with Crippen LogP contribution in [0, 0.1) is 0 Å². The first-order chi connectivity index (χ1) is 9.40. The molecule has 22 heavy (non-hydrogen) atoms. The third-order valence-electron chi connectivity index (χ3n) is 1.52. The fraction of sp³-hybridized carbons (Fsp3) is 1.00. The third-order valence-corrected chi connectivity index (χ3v) is 6.27. The van der Waals surface area contributed by atoms with Crippen LogP contribution in [0.5, 0.6) is 0 Å². The Labute approximate surface area is 164 Å². The first-order valence-corrected chi connectivity index (χ1v) is 14.4. The van der Waals surface area contributed by atoms with Gasteiger partial charge in [-0.2, -0.15) is 11.1 Å². The van der Waals surface area contributed by atoms with Crippen LogP contribution in [0.2, 0.25) is 13.1 Å². The first-order valence-electron chi connectivity index (χ1n) is 7.75. The van der Waals surface area contributed by atoms with Crippen LogP contribution in [0.1, 0.15) is 55.4 Å². The Kier molecular flexibility index (Phi) is 19.6. The van der Waals surface area contributed by atoms with Crippen LogP contribution in [0.4, 0.5) is 0 Å². The summed E-state index contributed by atoms with van der Waals surface area (Å²) in [5.41, 5.74) is 0. The standard InChI is InChI=1S/4C3H7O.C2H7ClSi.2Ti/c4*1-3(2)4;1-4(2)3;;/h4*3H,1-2H3;4H,1-2H3;;/q4*-1;;;+4. The Morgan fingerprint density at radius 3 is 0.864 bits per heavy atom. The molecule has 8 heteroatoms. The van der Waals surface area contributed by atoms with Crippen molar-refractivity contribution in [2.45, 2.75) is 92.9 Å². The van der Waals surface area contributed by atoms with E-state index in [0.29, 0.717) is 0 Å². The second kappa shape index (κ2) is 15.1. The summed E-state index contributed by atoms with van der Waals surface area (Å²) in [4.78, 5) is 0. The molecular formula is C14H35ClO4SiTi2. The quantitative estimate of drug-likeness (QED) is 0.416. The van der Waals surface area contributed by atoms with Gasteiger partial charge < -0.3 is 0 Å². The average molecular weight is 427 g/mol. The van der Waals surface area contributed by atoms with E-state index in [1.807, 2.05) is 55.4 Å². The molecule has 0 aliphatic carbocycles. The minimum atomic E-state index is -3.62. The number of hydrogen-bond acceptors (Lipinski definition) is 4. The summed E-state index contributed by atoms with van der Waals surface area (Å²) in [5.74, 6) is 0. The van der Waals surface area contributed by atoms with Crippen LogP contribution >= 0.6 is 11.1 Å². The van der Waals surface area contributed by atoms with E-state index in [1.165, 1.54) is 0 Å². The summed E-state index contributed by atoms with van der Waals surface area (Å²) in [6.45, 7) is 19.9. The summed E-state index contributed by atoms with van der Waals surface area (Å²) >= 11 is 1.79. The molecule has 0 unspecified atom stereocenters. The topological polar surface area (TPSA) is 36.9 Å². The maximum atomic E-state index is 5.89. The Bertz CT molecular complexity index is 207. The molecule has 0 atom stereocenters. The molecule has 0 rings (SSSR count). The van der Waals surface area contributed by atoms with Crippen LogP contribution in [0.25, 0.3) is 0 Å². The summed E-state index contributed by atoms with van der Waals surface area (Å²) in [6.07, 6.45) is 0.134. The third kappa shape index (κ3) is 19.8. The van der Waals surface area contributed by atoms with E-state index in [0.717, 1.165) is 0 Å². The van der Waals surface area contributed by atoms with Gasteiger partial charge in [0.25, 0.3) is 0 Å². The summed E-state index contributed by atoms with van der Waals surface area (Å²) in [6, 6.07) is 0. The molecule has 0 aromatic heterocycles. The van der Waals surface area contributed by atoms with Gasteiger partial charge in [0, 0.05) is 21.7 Å². The zero-order valence-corrected chi connectivity index (χ0v) is 20.9. The first kappa shape index (κ1) is 28.6. The van der Waals surface area contributed by atoms with Crippen LogP contribution in [-0.4, -0.2) is 32.5 Å². The molecule has 0 saturated carbocycles. The van der Waals surface area contributed by atoms with E-state index < -0.39 is 26.2 Å². The minimum absolute atomic E-state index is 0. The van der Waals surface area contributed by atoms with Crippen LogP contribution in [0.15, 0.2) is 0 Å². The van der Waals surface area contributed by atoms with Gasteiger partial charge in [0.2, 0.25) is 0 Å². The van der Waals surface area contributed by atoms with Crippen molar-refractivity contribution in [1.82, 2.24) is 0 Å². The maximum Gasteiger partial charge on any atom is 0.134 e. The Morgan fingerprint density at radius 2 is 0.773 bits per heavy atom. The Morgan fingerprint density at radius 1 is 0.636 bits per heavy atom. The molecule has 0 saturated heterocycles. The molecule has 0 fully saturated rings. The molecule has 0 heterocycles. The number of rotatable bonds is 8. The Balaban J connectivity index is -0.000000640. The molecule has 0 N–H and O–H groups in total. The molecule has 0 amide bonds. The van der Waals surface area contributed by atoms with Crippen molar-refractivity contribution < 1.29 is 53.1 Å². The number of halogens is 1. The van der Waals surface area contributed by atoms with Crippen molar-refractivity contribution in [3.63, 3.8) is 0 Å². The minimum Gasteiger partial charge on any atom is -0.172 e. The molecule has 0 aromatic carbocycles. The van der Waals surface area contributed by atoms with Crippen molar-refractivity contribution in [2.24, 2.45) is 0 Å². The van der Waals surface area contributed by atoms with Crippen molar-refractivity contribution in [3.05, 3.63) is 0 Å². The normalized spacial score (nSPS) is 12.0. The van der Waals surface area contributed by atoms with Crippen molar-refractivity contribution >= 4 is 19.2 Å². The van der Waals surface area contributed by atoms with Crippen LogP contribution < -0.4 is 0 Å². The van der Waals surface area contributed by atoms with Gasteiger partial charge in [-0.25, -0.2) is 0 Å². The van der Waals surface area contributed by atoms with Gasteiger partial charge in [0.15, 0.2) is 0 Å². The second-order valence-electron chi connectivity index (χ2n) is 6.18. The van der Waals surface area contributed by atoms with Crippen LogP contribution in [-0.2, 0) is 53.1 Å². The monoisotopic (exact) mass is 426 g/mol. The fourth-order valence-corrected chi connectivity index (χ4v) is 5.45. The predicted molar refractivity (Wildman–Crippen MR) is 89.6 cm³/mol. The van der Waals surface area contributed by atoms with Crippen molar-refractivity contribution in [3.8, 4) is 0 Å². The molecule has 134 valence electrons. The zero-order chi connectivity index (χ0) is 17.2. The molecule has 0 aromatic rings. The van der Waals surface area contributed by atoms with Gasteiger partial charge in [-0.15, -0.1) is 0 Å².